The average Bonchev–Trinajstić information content (AvgIpc) is 3.22. The number of piperidine rings is 1. The van der Waals surface area contributed by atoms with Crippen LogP contribution in [0.25, 0.3) is 0 Å². The topological polar surface area (TPSA) is 28.2 Å². The summed E-state index contributed by atoms with van der Waals surface area (Å²) in [4.78, 5) is 8.90. The van der Waals surface area contributed by atoms with E-state index in [4.69, 9.17) is 4.98 Å². The summed E-state index contributed by atoms with van der Waals surface area (Å²) >= 11 is 1.84. The summed E-state index contributed by atoms with van der Waals surface area (Å²) in [6.45, 7) is 9.09. The Morgan fingerprint density at radius 2 is 2.10 bits per heavy atom. The highest BCUT2D eigenvalue weighted by molar-refractivity contribution is 7.11. The van der Waals surface area contributed by atoms with Crippen molar-refractivity contribution in [3.8, 4) is 0 Å². The Hall–Kier alpha value is -0.450. The number of nitrogens with one attached hydrogen (secondary N) is 1. The van der Waals surface area contributed by atoms with E-state index in [1.54, 1.807) is 0 Å². The predicted molar refractivity (Wildman–Crippen MR) is 85.4 cm³/mol. The van der Waals surface area contributed by atoms with Gasteiger partial charge in [-0.2, -0.15) is 0 Å². The molecule has 0 aromatic carbocycles. The molecule has 20 heavy (non-hydrogen) atoms. The van der Waals surface area contributed by atoms with Gasteiger partial charge in [-0.25, -0.2) is 4.98 Å². The molecule has 1 saturated carbocycles. The zero-order chi connectivity index (χ0) is 14.1. The Kier molecular flexibility index (Phi) is 4.43. The largest absolute Gasteiger partial charge is 0.313 e. The van der Waals surface area contributed by atoms with Crippen LogP contribution < -0.4 is 5.32 Å². The highest BCUT2D eigenvalue weighted by Gasteiger charge is 2.35. The van der Waals surface area contributed by atoms with Gasteiger partial charge in [0.15, 0.2) is 0 Å². The zero-order valence-corrected chi connectivity index (χ0v) is 13.8. The van der Waals surface area contributed by atoms with Gasteiger partial charge in [0.2, 0.25) is 0 Å². The molecule has 1 saturated heterocycles. The maximum atomic E-state index is 4.79. The fourth-order valence-corrected chi connectivity index (χ4v) is 4.36. The summed E-state index contributed by atoms with van der Waals surface area (Å²) in [5.74, 6) is 0. The average molecular weight is 293 g/mol. The van der Waals surface area contributed by atoms with Gasteiger partial charge in [0.05, 0.1) is 16.7 Å². The van der Waals surface area contributed by atoms with Crippen molar-refractivity contribution < 1.29 is 0 Å². The molecule has 0 amide bonds. The van der Waals surface area contributed by atoms with E-state index in [2.05, 4.69) is 31.0 Å². The first-order valence-corrected chi connectivity index (χ1v) is 8.90. The Labute approximate surface area is 126 Å². The predicted octanol–water partition coefficient (Wildman–Crippen LogP) is 3.43. The van der Waals surface area contributed by atoms with E-state index >= 15 is 0 Å². The lowest BCUT2D eigenvalue weighted by Gasteiger charge is -2.34. The molecule has 1 aliphatic carbocycles. The molecule has 1 aromatic rings. The van der Waals surface area contributed by atoms with Gasteiger partial charge in [0, 0.05) is 23.5 Å². The second-order valence-corrected chi connectivity index (χ2v) is 7.83. The highest BCUT2D eigenvalue weighted by atomic mass is 32.1. The SMILES string of the molecule is Cc1nc(C(C)N(CC2CCCCN2)C2CC2)c(C)s1. The molecule has 2 unspecified atom stereocenters. The van der Waals surface area contributed by atoms with Crippen molar-refractivity contribution in [3.63, 3.8) is 0 Å². The minimum atomic E-state index is 0.469. The van der Waals surface area contributed by atoms with Crippen LogP contribution in [-0.4, -0.2) is 35.1 Å². The number of rotatable bonds is 5. The summed E-state index contributed by atoms with van der Waals surface area (Å²) in [6.07, 6.45) is 6.82. The third-order valence-corrected chi connectivity index (χ3v) is 5.59. The minimum absolute atomic E-state index is 0.469. The molecule has 2 heterocycles. The first kappa shape index (κ1) is 14.5. The van der Waals surface area contributed by atoms with Crippen LogP contribution in [0.2, 0.25) is 0 Å². The number of aromatic nitrogens is 1. The number of hydrogen-bond donors (Lipinski definition) is 1. The monoisotopic (exact) mass is 293 g/mol. The number of nitrogens with zero attached hydrogens (tertiary/aromatic N) is 2. The summed E-state index contributed by atoms with van der Waals surface area (Å²) in [6, 6.07) is 1.96. The number of thiazole rings is 1. The van der Waals surface area contributed by atoms with Crippen LogP contribution in [-0.2, 0) is 0 Å². The second-order valence-electron chi connectivity index (χ2n) is 6.43. The molecule has 1 aliphatic heterocycles. The Morgan fingerprint density at radius 1 is 1.30 bits per heavy atom. The maximum absolute atomic E-state index is 4.79. The third kappa shape index (κ3) is 3.23. The molecule has 0 bridgehead atoms. The zero-order valence-electron chi connectivity index (χ0n) is 13.0. The van der Waals surface area contributed by atoms with Crippen LogP contribution in [0.15, 0.2) is 0 Å². The van der Waals surface area contributed by atoms with E-state index in [9.17, 15) is 0 Å². The lowest BCUT2D eigenvalue weighted by atomic mass is 10.0. The van der Waals surface area contributed by atoms with Gasteiger partial charge in [0.1, 0.15) is 0 Å². The van der Waals surface area contributed by atoms with Crippen LogP contribution in [0.5, 0.6) is 0 Å². The molecule has 0 spiro atoms. The van der Waals surface area contributed by atoms with E-state index in [0.717, 1.165) is 6.04 Å². The molecule has 1 aromatic heterocycles. The summed E-state index contributed by atoms with van der Waals surface area (Å²) in [5, 5.41) is 4.90. The third-order valence-electron chi connectivity index (χ3n) is 4.69. The smallest absolute Gasteiger partial charge is 0.0900 e. The first-order chi connectivity index (χ1) is 9.65. The molecule has 2 fully saturated rings. The Bertz CT molecular complexity index is 447. The molecular formula is C16H27N3S. The number of aryl methyl sites for hydroxylation is 2. The van der Waals surface area contributed by atoms with Crippen LogP contribution in [0, 0.1) is 13.8 Å². The summed E-state index contributed by atoms with van der Waals surface area (Å²) in [5.41, 5.74) is 1.32. The fraction of sp³-hybridized carbons (Fsp3) is 0.812. The van der Waals surface area contributed by atoms with Crippen molar-refractivity contribution in [3.05, 3.63) is 15.6 Å². The molecular weight excluding hydrogens is 266 g/mol. The van der Waals surface area contributed by atoms with Crippen molar-refractivity contribution in [1.82, 2.24) is 15.2 Å². The molecule has 2 atom stereocenters. The summed E-state index contributed by atoms with van der Waals surface area (Å²) in [7, 11) is 0. The molecule has 0 radical (unpaired) electrons. The van der Waals surface area contributed by atoms with Gasteiger partial charge in [-0.3, -0.25) is 4.90 Å². The van der Waals surface area contributed by atoms with Crippen LogP contribution in [0.3, 0.4) is 0 Å². The van der Waals surface area contributed by atoms with Gasteiger partial charge in [-0.1, -0.05) is 6.42 Å². The lowest BCUT2D eigenvalue weighted by Crippen LogP contribution is -2.45. The van der Waals surface area contributed by atoms with E-state index in [1.807, 2.05) is 11.3 Å². The molecule has 1 N–H and O–H groups in total. The van der Waals surface area contributed by atoms with E-state index < -0.39 is 0 Å². The maximum Gasteiger partial charge on any atom is 0.0900 e. The van der Waals surface area contributed by atoms with E-state index in [-0.39, 0.29) is 0 Å². The molecule has 112 valence electrons. The Morgan fingerprint density at radius 3 is 2.65 bits per heavy atom. The number of hydrogen-bond acceptors (Lipinski definition) is 4. The Balaban J connectivity index is 1.71. The minimum Gasteiger partial charge on any atom is -0.313 e. The highest BCUT2D eigenvalue weighted by Crippen LogP contribution is 2.36. The van der Waals surface area contributed by atoms with Crippen molar-refractivity contribution in [1.29, 1.82) is 0 Å². The van der Waals surface area contributed by atoms with Crippen molar-refractivity contribution in [2.75, 3.05) is 13.1 Å². The first-order valence-electron chi connectivity index (χ1n) is 8.08. The van der Waals surface area contributed by atoms with Crippen molar-refractivity contribution in [2.45, 2.75) is 71.0 Å². The standard InChI is InChI=1S/C16H27N3S/c1-11(16-12(2)20-13(3)18-16)19(15-7-8-15)10-14-6-4-5-9-17-14/h11,14-15,17H,4-10H2,1-3H3. The van der Waals surface area contributed by atoms with Gasteiger partial charge in [-0.15, -0.1) is 11.3 Å². The van der Waals surface area contributed by atoms with Crippen LogP contribution in [0.4, 0.5) is 0 Å². The van der Waals surface area contributed by atoms with Crippen LogP contribution in [0.1, 0.15) is 60.6 Å². The van der Waals surface area contributed by atoms with Gasteiger partial charge in [-0.05, 0) is 53.0 Å². The quantitative estimate of drug-likeness (QED) is 0.901. The van der Waals surface area contributed by atoms with Crippen molar-refractivity contribution >= 4 is 11.3 Å². The molecule has 2 aliphatic rings. The lowest BCUT2D eigenvalue weighted by molar-refractivity contribution is 0.164. The van der Waals surface area contributed by atoms with Gasteiger partial charge < -0.3 is 5.32 Å². The summed E-state index contributed by atoms with van der Waals surface area (Å²) < 4.78 is 0. The second kappa shape index (κ2) is 6.12. The van der Waals surface area contributed by atoms with E-state index in [0.29, 0.717) is 12.1 Å². The normalized spacial score (nSPS) is 25.1. The van der Waals surface area contributed by atoms with Crippen molar-refractivity contribution in [2.24, 2.45) is 0 Å². The van der Waals surface area contributed by atoms with E-state index in [1.165, 1.54) is 60.8 Å². The molecule has 4 heteroatoms. The molecule has 3 rings (SSSR count). The van der Waals surface area contributed by atoms with Gasteiger partial charge in [0.25, 0.3) is 0 Å². The molecule has 3 nitrogen and oxygen atoms in total. The van der Waals surface area contributed by atoms with Crippen LogP contribution >= 0.6 is 11.3 Å². The van der Waals surface area contributed by atoms with Gasteiger partial charge >= 0.3 is 0 Å². The fourth-order valence-electron chi connectivity index (χ4n) is 3.45.